The summed E-state index contributed by atoms with van der Waals surface area (Å²) in [5.41, 5.74) is 9.72. The Labute approximate surface area is 180 Å². The van der Waals surface area contributed by atoms with E-state index in [0.29, 0.717) is 6.61 Å². The van der Waals surface area contributed by atoms with Gasteiger partial charge >= 0.3 is 0 Å². The zero-order valence-electron chi connectivity index (χ0n) is 17.5. The molecule has 0 spiro atoms. The lowest BCUT2D eigenvalue weighted by atomic mass is 10.1. The maximum Gasteiger partial charge on any atom is 0.195 e. The van der Waals surface area contributed by atoms with Gasteiger partial charge in [-0.2, -0.15) is 0 Å². The average Bonchev–Trinajstić information content (AvgIpc) is 3.34. The van der Waals surface area contributed by atoms with Crippen molar-refractivity contribution >= 4 is 32.2 Å². The van der Waals surface area contributed by atoms with Gasteiger partial charge in [0.15, 0.2) is 4.96 Å². The van der Waals surface area contributed by atoms with Gasteiger partial charge in [0.1, 0.15) is 12.4 Å². The van der Waals surface area contributed by atoms with E-state index in [1.54, 1.807) is 11.3 Å². The molecule has 158 valence electrons. The van der Waals surface area contributed by atoms with Crippen molar-refractivity contribution in [1.29, 1.82) is 0 Å². The Balaban J connectivity index is 0.00000106. The fraction of sp³-hybridized carbons (Fsp3) is 0.348. The number of benzene rings is 2. The first-order chi connectivity index (χ1) is 14.8. The molecule has 0 radical (unpaired) electrons. The molecule has 0 amide bonds. The fourth-order valence-electron chi connectivity index (χ4n) is 3.48. The molecule has 6 nitrogen and oxygen atoms in total. The van der Waals surface area contributed by atoms with Gasteiger partial charge in [0.2, 0.25) is 0 Å². The smallest absolute Gasteiger partial charge is 0.195 e. The third-order valence-corrected chi connectivity index (χ3v) is 6.07. The molecular formula is C23H28N4O2S. The third-order valence-electron chi connectivity index (χ3n) is 5.05. The van der Waals surface area contributed by atoms with Gasteiger partial charge in [0, 0.05) is 37.1 Å². The van der Waals surface area contributed by atoms with Gasteiger partial charge < -0.3 is 15.2 Å². The van der Waals surface area contributed by atoms with Crippen molar-refractivity contribution < 1.29 is 9.47 Å². The van der Waals surface area contributed by atoms with E-state index in [0.717, 1.165) is 66.0 Å². The SMILES string of the molecule is CC.Nc1ccc(-c2cn3c(n2)sc2cc(OCCN4CCOCC4)ccc23)cc1. The number of aromatic nitrogens is 2. The van der Waals surface area contributed by atoms with Gasteiger partial charge in [-0.25, -0.2) is 4.98 Å². The summed E-state index contributed by atoms with van der Waals surface area (Å²) in [6, 6.07) is 14.1. The molecule has 1 fully saturated rings. The third kappa shape index (κ3) is 4.43. The standard InChI is InChI=1S/C21H22N4O2S.C2H6/c22-16-3-1-15(2-4-16)18-14-25-19-6-5-17(13-20(19)28-21(25)23-18)27-12-9-24-7-10-26-11-8-24;1-2/h1-6,13-14H,7-12,22H2;1-2H3. The number of imidazole rings is 1. The maximum absolute atomic E-state index is 5.98. The Morgan fingerprint density at radius 2 is 1.87 bits per heavy atom. The van der Waals surface area contributed by atoms with Crippen LogP contribution in [-0.2, 0) is 4.74 Å². The molecule has 0 atom stereocenters. The highest BCUT2D eigenvalue weighted by Crippen LogP contribution is 2.32. The highest BCUT2D eigenvalue weighted by atomic mass is 32.1. The Bertz CT molecular complexity index is 1100. The van der Waals surface area contributed by atoms with Crippen LogP contribution in [0, 0.1) is 0 Å². The summed E-state index contributed by atoms with van der Waals surface area (Å²) in [5.74, 6) is 0.907. The van der Waals surface area contributed by atoms with Crippen molar-refractivity contribution in [2.75, 3.05) is 45.2 Å². The maximum atomic E-state index is 5.98. The average molecular weight is 425 g/mol. The van der Waals surface area contributed by atoms with Crippen molar-refractivity contribution in [3.63, 3.8) is 0 Å². The zero-order valence-corrected chi connectivity index (χ0v) is 18.3. The van der Waals surface area contributed by atoms with E-state index < -0.39 is 0 Å². The fourth-order valence-corrected chi connectivity index (χ4v) is 4.52. The van der Waals surface area contributed by atoms with Crippen molar-refractivity contribution in [2.24, 2.45) is 0 Å². The number of anilines is 1. The molecule has 3 heterocycles. The molecule has 7 heteroatoms. The minimum atomic E-state index is 0.690. The van der Waals surface area contributed by atoms with Gasteiger partial charge in [-0.1, -0.05) is 37.3 Å². The lowest BCUT2D eigenvalue weighted by Gasteiger charge is -2.26. The van der Waals surface area contributed by atoms with E-state index in [1.165, 1.54) is 4.70 Å². The second-order valence-corrected chi connectivity index (χ2v) is 7.94. The number of morpholine rings is 1. The summed E-state index contributed by atoms with van der Waals surface area (Å²) in [6.45, 7) is 9.23. The Morgan fingerprint density at radius 1 is 1.10 bits per heavy atom. The van der Waals surface area contributed by atoms with Gasteiger partial charge in [0.05, 0.1) is 29.1 Å². The van der Waals surface area contributed by atoms with Gasteiger partial charge in [0.25, 0.3) is 0 Å². The highest BCUT2D eigenvalue weighted by Gasteiger charge is 2.12. The van der Waals surface area contributed by atoms with Crippen LogP contribution < -0.4 is 10.5 Å². The number of rotatable bonds is 5. The number of hydrogen-bond acceptors (Lipinski definition) is 6. The van der Waals surface area contributed by atoms with Crippen molar-refractivity contribution in [3.8, 4) is 17.0 Å². The molecule has 0 aliphatic carbocycles. The van der Waals surface area contributed by atoms with E-state index >= 15 is 0 Å². The second kappa shape index (κ2) is 9.47. The summed E-state index contributed by atoms with van der Waals surface area (Å²) in [5, 5.41) is 0. The minimum absolute atomic E-state index is 0.690. The molecule has 1 saturated heterocycles. The van der Waals surface area contributed by atoms with E-state index in [4.69, 9.17) is 20.2 Å². The van der Waals surface area contributed by atoms with Crippen LogP contribution in [0.1, 0.15) is 13.8 Å². The Hall–Kier alpha value is -2.61. The first-order valence-electron chi connectivity index (χ1n) is 10.5. The Kier molecular flexibility index (Phi) is 6.52. The first kappa shape index (κ1) is 20.7. The number of ether oxygens (including phenoxy) is 2. The van der Waals surface area contributed by atoms with Gasteiger partial charge in [-0.3, -0.25) is 9.30 Å². The monoisotopic (exact) mass is 424 g/mol. The largest absolute Gasteiger partial charge is 0.492 e. The summed E-state index contributed by atoms with van der Waals surface area (Å²) >= 11 is 1.68. The lowest BCUT2D eigenvalue weighted by Crippen LogP contribution is -2.38. The van der Waals surface area contributed by atoms with Crippen LogP contribution in [-0.4, -0.2) is 53.7 Å². The summed E-state index contributed by atoms with van der Waals surface area (Å²) in [6.07, 6.45) is 2.08. The van der Waals surface area contributed by atoms with Crippen LogP contribution >= 0.6 is 11.3 Å². The van der Waals surface area contributed by atoms with Crippen LogP contribution in [0.2, 0.25) is 0 Å². The van der Waals surface area contributed by atoms with E-state index in [1.807, 2.05) is 44.2 Å². The Morgan fingerprint density at radius 3 is 2.63 bits per heavy atom. The molecule has 2 N–H and O–H groups in total. The van der Waals surface area contributed by atoms with E-state index in [2.05, 4.69) is 27.6 Å². The first-order valence-corrected chi connectivity index (χ1v) is 11.3. The molecule has 5 rings (SSSR count). The van der Waals surface area contributed by atoms with Crippen LogP contribution in [0.5, 0.6) is 5.75 Å². The summed E-state index contributed by atoms with van der Waals surface area (Å²) in [7, 11) is 0. The van der Waals surface area contributed by atoms with Crippen LogP contribution in [0.4, 0.5) is 5.69 Å². The van der Waals surface area contributed by atoms with Gasteiger partial charge in [-0.05, 0) is 30.3 Å². The van der Waals surface area contributed by atoms with Crippen LogP contribution in [0.15, 0.2) is 48.7 Å². The molecule has 30 heavy (non-hydrogen) atoms. The molecule has 4 aromatic rings. The number of nitrogens with zero attached hydrogens (tertiary/aromatic N) is 3. The molecule has 0 unspecified atom stereocenters. The number of fused-ring (bicyclic) bond motifs is 3. The number of thiazole rings is 1. The molecule has 0 saturated carbocycles. The predicted octanol–water partition coefficient (Wildman–Crippen LogP) is 4.54. The molecule has 0 bridgehead atoms. The second-order valence-electron chi connectivity index (χ2n) is 6.93. The molecule has 1 aliphatic heterocycles. The van der Waals surface area contributed by atoms with E-state index in [-0.39, 0.29) is 0 Å². The summed E-state index contributed by atoms with van der Waals surface area (Å²) < 4.78 is 14.7. The number of nitrogens with two attached hydrogens (primary N) is 1. The molecule has 1 aliphatic rings. The van der Waals surface area contributed by atoms with Crippen LogP contribution in [0.3, 0.4) is 0 Å². The predicted molar refractivity (Wildman–Crippen MR) is 125 cm³/mol. The lowest BCUT2D eigenvalue weighted by molar-refractivity contribution is 0.0322. The number of hydrogen-bond donors (Lipinski definition) is 1. The van der Waals surface area contributed by atoms with Crippen molar-refractivity contribution in [2.45, 2.75) is 13.8 Å². The van der Waals surface area contributed by atoms with Gasteiger partial charge in [-0.15, -0.1) is 0 Å². The summed E-state index contributed by atoms with van der Waals surface area (Å²) in [4.78, 5) is 8.14. The van der Waals surface area contributed by atoms with Crippen molar-refractivity contribution in [3.05, 3.63) is 48.7 Å². The van der Waals surface area contributed by atoms with Crippen molar-refractivity contribution in [1.82, 2.24) is 14.3 Å². The zero-order chi connectivity index (χ0) is 20.9. The van der Waals surface area contributed by atoms with E-state index in [9.17, 15) is 0 Å². The quantitative estimate of drug-likeness (QED) is 0.477. The minimum Gasteiger partial charge on any atom is -0.492 e. The topological polar surface area (TPSA) is 65.0 Å². The number of nitrogen functional groups attached to an aromatic ring is 1. The molecule has 2 aromatic heterocycles. The molecular weight excluding hydrogens is 396 g/mol. The highest BCUT2D eigenvalue weighted by molar-refractivity contribution is 7.23. The molecule has 2 aromatic carbocycles. The normalized spacial score (nSPS) is 14.6. The van der Waals surface area contributed by atoms with Crippen LogP contribution in [0.25, 0.3) is 26.4 Å².